The van der Waals surface area contributed by atoms with Crippen molar-refractivity contribution in [3.63, 3.8) is 0 Å². The molecule has 262 valence electrons. The van der Waals surface area contributed by atoms with Crippen molar-refractivity contribution in [3.8, 4) is 6.07 Å². The normalized spacial score (nSPS) is 12.3. The van der Waals surface area contributed by atoms with Gasteiger partial charge < -0.3 is 15.0 Å². The Balaban J connectivity index is 2.04. The lowest BCUT2D eigenvalue weighted by Gasteiger charge is -2.22. The van der Waals surface area contributed by atoms with Gasteiger partial charge in [0.25, 0.3) is 20.2 Å². The maximum Gasteiger partial charge on any atom is 0.296 e. The molecule has 20 heteroatoms. The first-order valence-electron chi connectivity index (χ1n) is 14.4. The van der Waals surface area contributed by atoms with Crippen LogP contribution < -0.4 is 10.2 Å². The average Bonchev–Trinajstić information content (AvgIpc) is 3.05. The van der Waals surface area contributed by atoms with Crippen LogP contribution in [-0.2, 0) is 34.8 Å². The number of aromatic nitrogens is 1. The summed E-state index contributed by atoms with van der Waals surface area (Å²) in [6.07, 6.45) is 0.571. The summed E-state index contributed by atoms with van der Waals surface area (Å²) in [6.45, 7) is 8.07. The van der Waals surface area contributed by atoms with E-state index in [0.29, 0.717) is 31.7 Å². The molecule has 0 saturated heterocycles. The lowest BCUT2D eigenvalue weighted by molar-refractivity contribution is 0.147. The second kappa shape index (κ2) is 16.6. The summed E-state index contributed by atoms with van der Waals surface area (Å²) in [7, 11) is -11.2. The first-order valence-corrected chi connectivity index (χ1v) is 19.0. The molecule has 0 fully saturated rings. The second-order valence-electron chi connectivity index (χ2n) is 10.2. The Morgan fingerprint density at radius 3 is 2.24 bits per heavy atom. The van der Waals surface area contributed by atoms with E-state index in [1.807, 2.05) is 6.92 Å². The molecule has 3 aromatic rings. The van der Waals surface area contributed by atoms with Crippen LogP contribution in [0.1, 0.15) is 24.5 Å². The van der Waals surface area contributed by atoms with Crippen LogP contribution in [0, 0.1) is 18.3 Å². The van der Waals surface area contributed by atoms with Crippen molar-refractivity contribution < 1.29 is 39.1 Å². The van der Waals surface area contributed by atoms with Crippen molar-refractivity contribution >= 4 is 64.5 Å². The molecule has 0 spiro atoms. The van der Waals surface area contributed by atoms with E-state index in [1.54, 1.807) is 14.0 Å². The number of nitrogens with zero attached hydrogens (tertiary/aromatic N) is 7. The highest BCUT2D eigenvalue weighted by molar-refractivity contribution is 7.94. The fourth-order valence-electron chi connectivity index (χ4n) is 4.07. The molecule has 0 unspecified atom stereocenters. The van der Waals surface area contributed by atoms with Gasteiger partial charge in [0.05, 0.1) is 27.6 Å². The molecule has 0 amide bonds. The average molecular weight is 735 g/mol. The molecule has 0 aliphatic heterocycles. The third-order valence-electron chi connectivity index (χ3n) is 6.69. The Morgan fingerprint density at radius 2 is 1.65 bits per heavy atom. The minimum Gasteiger partial charge on any atom is -0.382 e. The summed E-state index contributed by atoms with van der Waals surface area (Å²) in [5.74, 6) is 0.0707. The molecule has 0 radical (unpaired) electrons. The third kappa shape index (κ3) is 10.9. The molecule has 3 N–H and O–H groups in total. The monoisotopic (exact) mass is 734 g/mol. The highest BCUT2D eigenvalue weighted by atomic mass is 32.2. The van der Waals surface area contributed by atoms with Crippen LogP contribution in [0.2, 0.25) is 0 Å². The molecule has 0 bridgehead atoms. The van der Waals surface area contributed by atoms with E-state index in [0.717, 1.165) is 23.6 Å². The smallest absolute Gasteiger partial charge is 0.296 e. The number of benzene rings is 2. The lowest BCUT2D eigenvalue weighted by atomic mass is 10.1. The number of ether oxygens (including phenoxy) is 1. The van der Waals surface area contributed by atoms with E-state index < -0.39 is 35.0 Å². The van der Waals surface area contributed by atoms with Gasteiger partial charge in [0.1, 0.15) is 28.2 Å². The number of rotatable bonds is 17. The predicted molar refractivity (Wildman–Crippen MR) is 181 cm³/mol. The zero-order chi connectivity index (χ0) is 36.4. The number of hydrogen-bond donors (Lipinski definition) is 3. The maximum absolute atomic E-state index is 12.3. The minimum atomic E-state index is -4.87. The quantitative estimate of drug-likeness (QED) is 0.0891. The molecular formula is C29H34N8O9S3. The van der Waals surface area contributed by atoms with Crippen LogP contribution in [0.25, 0.3) is 0 Å². The van der Waals surface area contributed by atoms with Gasteiger partial charge in [-0.2, -0.15) is 32.3 Å². The first kappa shape index (κ1) is 38.8. The van der Waals surface area contributed by atoms with Crippen LogP contribution in [0.15, 0.2) is 84.7 Å². The number of azo groups is 2. The van der Waals surface area contributed by atoms with Gasteiger partial charge in [0.2, 0.25) is 0 Å². The molecule has 2 aromatic carbocycles. The number of nitriles is 1. The summed E-state index contributed by atoms with van der Waals surface area (Å²) in [6, 6.07) is 10.3. The highest BCUT2D eigenvalue weighted by Crippen LogP contribution is 2.37. The molecule has 49 heavy (non-hydrogen) atoms. The van der Waals surface area contributed by atoms with Gasteiger partial charge in [0.15, 0.2) is 15.7 Å². The number of anilines is 2. The summed E-state index contributed by atoms with van der Waals surface area (Å²) in [5, 5.41) is 30.1. The zero-order valence-corrected chi connectivity index (χ0v) is 29.1. The van der Waals surface area contributed by atoms with E-state index in [-0.39, 0.29) is 57.1 Å². The topological polar surface area (TPSA) is 253 Å². The molecular weight excluding hydrogens is 701 g/mol. The molecule has 0 atom stereocenters. The Kier molecular flexibility index (Phi) is 13.2. The van der Waals surface area contributed by atoms with Gasteiger partial charge in [-0.1, -0.05) is 6.58 Å². The molecule has 17 nitrogen and oxygen atoms in total. The lowest BCUT2D eigenvalue weighted by Crippen LogP contribution is -2.26. The fraction of sp³-hybridized carbons (Fsp3) is 0.310. The van der Waals surface area contributed by atoms with Crippen LogP contribution >= 0.6 is 0 Å². The first-order chi connectivity index (χ1) is 23.0. The molecule has 0 aliphatic rings. The molecule has 0 saturated carbocycles. The van der Waals surface area contributed by atoms with E-state index in [1.165, 1.54) is 29.2 Å². The van der Waals surface area contributed by atoms with Crippen molar-refractivity contribution in [2.24, 2.45) is 20.5 Å². The number of nitrogens with one attached hydrogen (secondary N) is 1. The van der Waals surface area contributed by atoms with Crippen molar-refractivity contribution in [2.75, 3.05) is 49.3 Å². The largest absolute Gasteiger partial charge is 0.382 e. The maximum atomic E-state index is 12.3. The Bertz CT molecular complexity index is 2110. The summed E-state index contributed by atoms with van der Waals surface area (Å²) in [4.78, 5) is 5.04. The Hall–Kier alpha value is -4.65. The standard InChI is InChI=1S/C29H34N8O9S3/c1-5-46-16-7-14-31-28-27(20(3)24(19-30)29(32-28)37(4)15-17-47(38,39)6-2)36-35-25-13-10-22(18-26(25)49(43,44)45)34-33-21-8-11-23(12-9-21)48(40,41)42/h6,8-13,18H,2,5,7,14-17H2,1,3-4H3,(H,31,32)(H,40,41,42)(H,43,44,45)/b34-33+,36-35+. The predicted octanol–water partition coefficient (Wildman–Crippen LogP) is 5.42. The molecule has 0 aliphatic carbocycles. The van der Waals surface area contributed by atoms with Gasteiger partial charge in [-0.15, -0.1) is 10.2 Å². The van der Waals surface area contributed by atoms with E-state index in [2.05, 4.69) is 43.4 Å². The third-order valence-corrected chi connectivity index (χ3v) is 9.70. The molecule has 1 aromatic heterocycles. The zero-order valence-electron chi connectivity index (χ0n) is 26.7. The van der Waals surface area contributed by atoms with Crippen molar-refractivity contribution in [2.45, 2.75) is 30.1 Å². The van der Waals surface area contributed by atoms with Crippen LogP contribution in [0.4, 0.5) is 34.4 Å². The summed E-state index contributed by atoms with van der Waals surface area (Å²) < 4.78 is 95.6. The van der Waals surface area contributed by atoms with Crippen molar-refractivity contribution in [1.82, 2.24) is 4.98 Å². The van der Waals surface area contributed by atoms with Crippen LogP contribution in [0.5, 0.6) is 0 Å². The summed E-state index contributed by atoms with van der Waals surface area (Å²) in [5.41, 5.74) is 0.344. The van der Waals surface area contributed by atoms with Crippen molar-refractivity contribution in [1.29, 1.82) is 5.26 Å². The Morgan fingerprint density at radius 1 is 1.00 bits per heavy atom. The minimum absolute atomic E-state index is 0.00258. The molecule has 3 rings (SSSR count). The van der Waals surface area contributed by atoms with Gasteiger partial charge in [-0.25, -0.2) is 13.4 Å². The van der Waals surface area contributed by atoms with Crippen LogP contribution in [-0.4, -0.2) is 78.4 Å². The number of hydrogen-bond acceptors (Lipinski definition) is 15. The Labute approximate surface area is 284 Å². The van der Waals surface area contributed by atoms with E-state index in [4.69, 9.17) is 9.29 Å². The highest BCUT2D eigenvalue weighted by Gasteiger charge is 2.22. The second-order valence-corrected chi connectivity index (χ2v) is 15.1. The van der Waals surface area contributed by atoms with E-state index in [9.17, 15) is 35.1 Å². The number of sulfone groups is 1. The van der Waals surface area contributed by atoms with Gasteiger partial charge in [-0.3, -0.25) is 9.11 Å². The van der Waals surface area contributed by atoms with E-state index >= 15 is 0 Å². The van der Waals surface area contributed by atoms with Gasteiger partial charge in [-0.05, 0) is 62.7 Å². The van der Waals surface area contributed by atoms with Crippen molar-refractivity contribution in [3.05, 3.63) is 65.6 Å². The van der Waals surface area contributed by atoms with Crippen LogP contribution in [0.3, 0.4) is 0 Å². The van der Waals surface area contributed by atoms with Gasteiger partial charge in [0, 0.05) is 44.3 Å². The SMILES string of the molecule is C=CS(=O)(=O)CCN(C)c1nc(NCCCOCC)c(/N=N/c2ccc(/N=N/c3ccc(S(=O)(=O)O)cc3)cc2S(=O)(=O)O)c(C)c1C#N. The number of pyridine rings is 1. The summed E-state index contributed by atoms with van der Waals surface area (Å²) >= 11 is 0. The molecule has 1 heterocycles. The van der Waals surface area contributed by atoms with Gasteiger partial charge >= 0.3 is 0 Å². The fourth-order valence-corrected chi connectivity index (χ4v) is 5.89.